The van der Waals surface area contributed by atoms with E-state index in [0.717, 1.165) is 10.5 Å². The van der Waals surface area contributed by atoms with Crippen LogP contribution in [0.5, 0.6) is 0 Å². The van der Waals surface area contributed by atoms with Crippen LogP contribution in [-0.4, -0.2) is 16.2 Å². The smallest absolute Gasteiger partial charge is 0.0529 e. The topological polar surface area (TPSA) is 17.1 Å². The monoisotopic (exact) mass is 228 g/mol. The number of rotatable bonds is 3. The van der Waals surface area contributed by atoms with Crippen LogP contribution >= 0.6 is 11.8 Å². The second-order valence-electron chi connectivity index (χ2n) is 3.22. The average Bonchev–Trinajstić information content (AvgIpc) is 2.19. The van der Waals surface area contributed by atoms with Crippen LogP contribution in [0, 0.1) is 13.8 Å². The van der Waals surface area contributed by atoms with Crippen LogP contribution in [0.25, 0.3) is 0 Å². The predicted octanol–water partition coefficient (Wildman–Crippen LogP) is 3.15. The molecule has 0 radical (unpaired) electrons. The molecule has 0 heterocycles. The second-order valence-corrected chi connectivity index (χ2v) is 5.78. The van der Waals surface area contributed by atoms with Gasteiger partial charge in [0.05, 0.1) is 10.8 Å². The number of benzene rings is 1. The lowest BCUT2D eigenvalue weighted by atomic mass is 10.2. The molecule has 3 heteroatoms. The first-order valence-electron chi connectivity index (χ1n) is 4.63. The molecule has 14 heavy (non-hydrogen) atoms. The highest BCUT2D eigenvalue weighted by Crippen LogP contribution is 2.25. The Morgan fingerprint density at radius 3 is 2.43 bits per heavy atom. The van der Waals surface area contributed by atoms with Gasteiger partial charge in [0, 0.05) is 15.5 Å². The van der Waals surface area contributed by atoms with E-state index < -0.39 is 10.8 Å². The van der Waals surface area contributed by atoms with Crippen molar-refractivity contribution in [2.45, 2.75) is 30.6 Å². The molecule has 0 aliphatic carbocycles. The highest BCUT2D eigenvalue weighted by atomic mass is 32.2. The number of hydrogen-bond acceptors (Lipinski definition) is 2. The lowest BCUT2D eigenvalue weighted by Crippen LogP contribution is -1.98. The van der Waals surface area contributed by atoms with Crippen molar-refractivity contribution in [3.63, 3.8) is 0 Å². The third-order valence-electron chi connectivity index (χ3n) is 2.20. The summed E-state index contributed by atoms with van der Waals surface area (Å²) in [5.74, 6) is 0.693. The molecular formula is C11H16OS2. The van der Waals surface area contributed by atoms with Crippen molar-refractivity contribution in [3.05, 3.63) is 23.3 Å². The van der Waals surface area contributed by atoms with Gasteiger partial charge >= 0.3 is 0 Å². The van der Waals surface area contributed by atoms with Crippen LogP contribution in [0.2, 0.25) is 0 Å². The summed E-state index contributed by atoms with van der Waals surface area (Å²) in [6.07, 6.45) is 2.07. The van der Waals surface area contributed by atoms with E-state index in [-0.39, 0.29) is 0 Å². The summed E-state index contributed by atoms with van der Waals surface area (Å²) in [4.78, 5) is 2.27. The standard InChI is InChI=1S/C11H16OS2/c1-5-14(12)11-7-8(2)10(13-4)6-9(11)3/h6-7H,5H2,1-4H3. The van der Waals surface area contributed by atoms with Crippen molar-refractivity contribution < 1.29 is 4.21 Å². The maximum atomic E-state index is 11.7. The van der Waals surface area contributed by atoms with Gasteiger partial charge in [0.25, 0.3) is 0 Å². The molecule has 0 bridgehead atoms. The third kappa shape index (κ3) is 2.39. The van der Waals surface area contributed by atoms with Crippen molar-refractivity contribution in [2.75, 3.05) is 12.0 Å². The van der Waals surface area contributed by atoms with Crippen LogP contribution in [0.1, 0.15) is 18.1 Å². The molecule has 1 rings (SSSR count). The number of aryl methyl sites for hydroxylation is 2. The number of thioether (sulfide) groups is 1. The fraction of sp³-hybridized carbons (Fsp3) is 0.455. The summed E-state index contributed by atoms with van der Waals surface area (Å²) in [6.45, 7) is 6.05. The Hall–Kier alpha value is -0.280. The molecule has 0 saturated heterocycles. The number of hydrogen-bond donors (Lipinski definition) is 0. The van der Waals surface area contributed by atoms with E-state index in [4.69, 9.17) is 0 Å². The zero-order valence-corrected chi connectivity index (χ0v) is 10.7. The first-order chi connectivity index (χ1) is 6.60. The second kappa shape index (κ2) is 4.99. The Kier molecular flexibility index (Phi) is 4.20. The predicted molar refractivity (Wildman–Crippen MR) is 64.6 cm³/mol. The van der Waals surface area contributed by atoms with E-state index in [2.05, 4.69) is 25.3 Å². The Labute approximate surface area is 92.8 Å². The van der Waals surface area contributed by atoms with Crippen molar-refractivity contribution in [1.29, 1.82) is 0 Å². The van der Waals surface area contributed by atoms with Crippen molar-refractivity contribution in [1.82, 2.24) is 0 Å². The zero-order valence-electron chi connectivity index (χ0n) is 9.09. The molecule has 0 aromatic heterocycles. The lowest BCUT2D eigenvalue weighted by Gasteiger charge is -2.09. The van der Waals surface area contributed by atoms with Crippen LogP contribution < -0.4 is 0 Å². The molecule has 1 nitrogen and oxygen atoms in total. The molecule has 1 unspecified atom stereocenters. The van der Waals surface area contributed by atoms with Gasteiger partial charge in [0.15, 0.2) is 0 Å². The Bertz CT molecular complexity index is 359. The summed E-state index contributed by atoms with van der Waals surface area (Å²) < 4.78 is 11.7. The minimum Gasteiger partial charge on any atom is -0.254 e. The normalized spacial score (nSPS) is 12.9. The van der Waals surface area contributed by atoms with E-state index >= 15 is 0 Å². The van der Waals surface area contributed by atoms with E-state index in [1.165, 1.54) is 10.5 Å². The molecule has 0 aliphatic heterocycles. The van der Waals surface area contributed by atoms with Crippen LogP contribution in [0.15, 0.2) is 21.9 Å². The van der Waals surface area contributed by atoms with E-state index in [9.17, 15) is 4.21 Å². The van der Waals surface area contributed by atoms with Gasteiger partial charge in [0.2, 0.25) is 0 Å². The SMILES string of the molecule is CCS(=O)c1cc(C)c(SC)cc1C. The Balaban J connectivity index is 3.21. The fourth-order valence-corrected chi connectivity index (χ4v) is 3.10. The molecule has 78 valence electrons. The largest absolute Gasteiger partial charge is 0.254 e. The van der Waals surface area contributed by atoms with Crippen molar-refractivity contribution >= 4 is 22.6 Å². The van der Waals surface area contributed by atoms with Gasteiger partial charge in [-0.2, -0.15) is 0 Å². The quantitative estimate of drug-likeness (QED) is 0.739. The van der Waals surface area contributed by atoms with Gasteiger partial charge in [-0.1, -0.05) is 6.92 Å². The summed E-state index contributed by atoms with van der Waals surface area (Å²) in [7, 11) is -0.832. The minimum atomic E-state index is -0.832. The molecular weight excluding hydrogens is 212 g/mol. The minimum absolute atomic E-state index is 0.693. The first kappa shape index (κ1) is 11.8. The summed E-state index contributed by atoms with van der Waals surface area (Å²) >= 11 is 1.74. The van der Waals surface area contributed by atoms with Gasteiger partial charge in [-0.3, -0.25) is 4.21 Å². The molecule has 1 atom stereocenters. The van der Waals surface area contributed by atoms with E-state index in [1.807, 2.05) is 13.8 Å². The zero-order chi connectivity index (χ0) is 10.7. The molecule has 0 saturated carbocycles. The third-order valence-corrected chi connectivity index (χ3v) is 4.53. The molecule has 0 spiro atoms. The van der Waals surface area contributed by atoms with E-state index in [1.54, 1.807) is 11.8 Å². The average molecular weight is 228 g/mol. The molecule has 0 N–H and O–H groups in total. The summed E-state index contributed by atoms with van der Waals surface area (Å²) in [5, 5.41) is 0. The van der Waals surface area contributed by atoms with Crippen molar-refractivity contribution in [2.24, 2.45) is 0 Å². The van der Waals surface area contributed by atoms with Gasteiger partial charge in [-0.15, -0.1) is 11.8 Å². The highest BCUT2D eigenvalue weighted by molar-refractivity contribution is 7.98. The van der Waals surface area contributed by atoms with Crippen molar-refractivity contribution in [3.8, 4) is 0 Å². The van der Waals surface area contributed by atoms with Gasteiger partial charge < -0.3 is 0 Å². The molecule has 0 fully saturated rings. The molecule has 1 aromatic carbocycles. The lowest BCUT2D eigenvalue weighted by molar-refractivity contribution is 0.683. The maximum absolute atomic E-state index is 11.7. The summed E-state index contributed by atoms with van der Waals surface area (Å²) in [6, 6.07) is 4.18. The van der Waals surface area contributed by atoms with Crippen LogP contribution in [0.3, 0.4) is 0 Å². The van der Waals surface area contributed by atoms with Gasteiger partial charge in [-0.05, 0) is 43.4 Å². The Morgan fingerprint density at radius 1 is 1.29 bits per heavy atom. The van der Waals surface area contributed by atoms with Gasteiger partial charge in [-0.25, -0.2) is 0 Å². The summed E-state index contributed by atoms with van der Waals surface area (Å²) in [5.41, 5.74) is 2.36. The Morgan fingerprint density at radius 2 is 1.93 bits per heavy atom. The first-order valence-corrected chi connectivity index (χ1v) is 7.18. The molecule has 0 aliphatic rings. The van der Waals surface area contributed by atoms with Crippen LogP contribution in [-0.2, 0) is 10.8 Å². The van der Waals surface area contributed by atoms with Crippen LogP contribution in [0.4, 0.5) is 0 Å². The molecule has 1 aromatic rings. The maximum Gasteiger partial charge on any atom is 0.0529 e. The highest BCUT2D eigenvalue weighted by Gasteiger charge is 2.08. The van der Waals surface area contributed by atoms with Gasteiger partial charge in [0.1, 0.15) is 0 Å². The van der Waals surface area contributed by atoms with E-state index in [0.29, 0.717) is 5.75 Å². The fourth-order valence-electron chi connectivity index (χ4n) is 1.38. The molecule has 0 amide bonds.